The Morgan fingerprint density at radius 1 is 1.22 bits per heavy atom. The summed E-state index contributed by atoms with van der Waals surface area (Å²) in [5.41, 5.74) is 4.66. The predicted octanol–water partition coefficient (Wildman–Crippen LogP) is 3.54. The molecule has 1 fully saturated rings. The number of hydrogen-bond donors (Lipinski definition) is 2. The van der Waals surface area contributed by atoms with Crippen molar-refractivity contribution in [3.05, 3.63) is 71.4 Å². The number of nitriles is 1. The monoisotopic (exact) mass is 497 g/mol. The number of benzene rings is 2. The zero-order valence-electron chi connectivity index (χ0n) is 19.9. The molecule has 36 heavy (non-hydrogen) atoms. The average molecular weight is 498 g/mol. The summed E-state index contributed by atoms with van der Waals surface area (Å²) in [7, 11) is 1.99. The fraction of sp³-hybridized carbons (Fsp3) is 0.231. The number of hydrogen-bond acceptors (Lipinski definition) is 5. The van der Waals surface area contributed by atoms with Crippen molar-refractivity contribution in [2.45, 2.75) is 12.8 Å². The van der Waals surface area contributed by atoms with Gasteiger partial charge in [0.1, 0.15) is 13.7 Å². The molecule has 3 heterocycles. The minimum atomic E-state index is -0.126. The van der Waals surface area contributed by atoms with Crippen LogP contribution in [0.25, 0.3) is 16.9 Å². The highest BCUT2D eigenvalue weighted by molar-refractivity contribution is 6.36. The van der Waals surface area contributed by atoms with Gasteiger partial charge in [0.15, 0.2) is 5.65 Å². The highest BCUT2D eigenvalue weighted by Crippen LogP contribution is 2.28. The lowest BCUT2D eigenvalue weighted by molar-refractivity contribution is 0.180. The molecular weight excluding hydrogens is 473 g/mol. The molecule has 5 rings (SSSR count). The van der Waals surface area contributed by atoms with Crippen molar-refractivity contribution in [2.24, 2.45) is 5.92 Å². The largest absolute Gasteiger partial charge is 0.370 e. The van der Waals surface area contributed by atoms with Crippen LogP contribution < -0.4 is 16.1 Å². The van der Waals surface area contributed by atoms with Crippen LogP contribution in [-0.2, 0) is 0 Å². The lowest BCUT2D eigenvalue weighted by Crippen LogP contribution is -2.44. The maximum Gasteiger partial charge on any atom is 0.321 e. The van der Waals surface area contributed by atoms with Crippen molar-refractivity contribution in [3.63, 3.8) is 0 Å². The Kier molecular flexibility index (Phi) is 6.78. The highest BCUT2D eigenvalue weighted by Gasteiger charge is 2.24. The van der Waals surface area contributed by atoms with Crippen molar-refractivity contribution in [2.75, 3.05) is 30.3 Å². The Bertz CT molecular complexity index is 1450. The molecule has 0 aliphatic carbocycles. The van der Waals surface area contributed by atoms with Crippen LogP contribution in [0.15, 0.2) is 60.8 Å². The third-order valence-corrected chi connectivity index (χ3v) is 6.77. The number of amides is 2. The van der Waals surface area contributed by atoms with Crippen LogP contribution in [0.1, 0.15) is 18.4 Å². The molecule has 4 aromatic rings. The van der Waals surface area contributed by atoms with Crippen molar-refractivity contribution < 1.29 is 4.79 Å². The lowest BCUT2D eigenvalue weighted by atomic mass is 9.98. The number of anilines is 2. The number of nitrogens with zero attached hydrogens (tertiary/aromatic N) is 5. The van der Waals surface area contributed by atoms with E-state index in [2.05, 4.69) is 21.8 Å². The summed E-state index contributed by atoms with van der Waals surface area (Å²) in [4.78, 5) is 19.5. The minimum absolute atomic E-state index is 0.126. The van der Waals surface area contributed by atoms with E-state index in [9.17, 15) is 4.79 Å². The van der Waals surface area contributed by atoms with Crippen LogP contribution in [-0.4, -0.2) is 53.0 Å². The number of aromatic nitrogens is 3. The molecule has 0 spiro atoms. The second-order valence-electron chi connectivity index (χ2n) is 9.02. The van der Waals surface area contributed by atoms with Gasteiger partial charge < -0.3 is 15.5 Å². The van der Waals surface area contributed by atoms with Crippen LogP contribution in [0.5, 0.6) is 0 Å². The Morgan fingerprint density at radius 2 is 2.03 bits per heavy atom. The normalized spacial score (nSPS) is 15.4. The molecule has 1 atom stereocenters. The van der Waals surface area contributed by atoms with Gasteiger partial charge in [0.2, 0.25) is 0 Å². The van der Waals surface area contributed by atoms with Gasteiger partial charge in [-0.25, -0.2) is 9.78 Å². The van der Waals surface area contributed by atoms with Crippen molar-refractivity contribution >= 4 is 48.1 Å². The van der Waals surface area contributed by atoms with Gasteiger partial charge in [-0.15, -0.1) is 0 Å². The van der Waals surface area contributed by atoms with Gasteiger partial charge >= 0.3 is 6.03 Å². The quantitative estimate of drug-likeness (QED) is 0.411. The second kappa shape index (κ2) is 10.3. The van der Waals surface area contributed by atoms with E-state index in [4.69, 9.17) is 21.8 Å². The van der Waals surface area contributed by atoms with E-state index in [1.807, 2.05) is 47.6 Å². The van der Waals surface area contributed by atoms with E-state index in [-0.39, 0.29) is 11.9 Å². The number of fused-ring (bicyclic) bond motifs is 1. The fourth-order valence-electron chi connectivity index (χ4n) is 4.50. The molecule has 2 N–H and O–H groups in total. The van der Waals surface area contributed by atoms with Gasteiger partial charge in [0.25, 0.3) is 0 Å². The third kappa shape index (κ3) is 5.00. The molecule has 0 radical (unpaired) electrons. The molecule has 1 aliphatic heterocycles. The van der Waals surface area contributed by atoms with Gasteiger partial charge in [-0.1, -0.05) is 29.8 Å². The Hall–Kier alpha value is -4.03. The standard InChI is InChI=1S/C26H25BClN7O/c27-21-15-31-35-24(12-23(33-25(21)35)20-5-1-2-6-22(20)28)30-14-18-4-3-11-34(16-18)26(36)32-19-9-7-17(13-29)8-10-19/h1-2,5-10,12,15,18,30H,3-4,11,14,16,27H2,(H,32,36). The minimum Gasteiger partial charge on any atom is -0.370 e. The van der Waals surface area contributed by atoms with Crippen LogP contribution in [0.2, 0.25) is 5.02 Å². The molecule has 10 heteroatoms. The Balaban J connectivity index is 1.29. The molecule has 2 aromatic heterocycles. The molecule has 8 nitrogen and oxygen atoms in total. The van der Waals surface area contributed by atoms with Crippen LogP contribution >= 0.6 is 11.6 Å². The van der Waals surface area contributed by atoms with E-state index >= 15 is 0 Å². The van der Waals surface area contributed by atoms with Crippen LogP contribution in [0.4, 0.5) is 16.3 Å². The van der Waals surface area contributed by atoms with E-state index in [0.717, 1.165) is 41.0 Å². The van der Waals surface area contributed by atoms with Gasteiger partial charge in [-0.3, -0.25) is 0 Å². The first-order valence-electron chi connectivity index (χ1n) is 11.9. The SMILES string of the molecule is Bc1cnn2c(NCC3CCCN(C(=O)Nc4ccc(C#N)cc4)C3)cc(-c3ccccc3Cl)nc12. The van der Waals surface area contributed by atoms with Crippen LogP contribution in [0, 0.1) is 17.2 Å². The molecule has 2 amide bonds. The molecular formula is C26H25BClN7O. The summed E-state index contributed by atoms with van der Waals surface area (Å²) in [6.45, 7) is 2.06. The van der Waals surface area contributed by atoms with E-state index < -0.39 is 0 Å². The van der Waals surface area contributed by atoms with Gasteiger partial charge in [0.05, 0.1) is 17.3 Å². The van der Waals surface area contributed by atoms with Gasteiger partial charge in [-0.05, 0) is 54.6 Å². The summed E-state index contributed by atoms with van der Waals surface area (Å²) in [5.74, 6) is 1.12. The Labute approximate surface area is 215 Å². The molecule has 180 valence electrons. The van der Waals surface area contributed by atoms with E-state index in [0.29, 0.717) is 35.9 Å². The highest BCUT2D eigenvalue weighted by atomic mass is 35.5. The first-order chi connectivity index (χ1) is 17.5. The number of carbonyl (C=O) groups excluding carboxylic acids is 1. The summed E-state index contributed by atoms with van der Waals surface area (Å²) < 4.78 is 1.81. The predicted molar refractivity (Wildman–Crippen MR) is 145 cm³/mol. The molecule has 2 aromatic carbocycles. The zero-order chi connectivity index (χ0) is 25.1. The number of likely N-dealkylation sites (tertiary alicyclic amines) is 1. The summed E-state index contributed by atoms with van der Waals surface area (Å²) in [6.07, 6.45) is 3.77. The number of carbonyl (C=O) groups is 1. The van der Waals surface area contributed by atoms with Gasteiger partial charge in [-0.2, -0.15) is 14.9 Å². The summed E-state index contributed by atoms with van der Waals surface area (Å²) >= 11 is 6.45. The van der Waals surface area contributed by atoms with Crippen molar-refractivity contribution in [1.29, 1.82) is 5.26 Å². The maximum atomic E-state index is 12.8. The average Bonchev–Trinajstić information content (AvgIpc) is 3.28. The number of rotatable bonds is 5. The Morgan fingerprint density at radius 3 is 2.81 bits per heavy atom. The van der Waals surface area contributed by atoms with E-state index in [1.54, 1.807) is 30.5 Å². The first kappa shape index (κ1) is 23.7. The smallest absolute Gasteiger partial charge is 0.321 e. The zero-order valence-corrected chi connectivity index (χ0v) is 20.7. The number of nitrogens with one attached hydrogen (secondary N) is 2. The number of halogens is 1. The summed E-state index contributed by atoms with van der Waals surface area (Å²) in [6, 6.07) is 18.5. The second-order valence-corrected chi connectivity index (χ2v) is 9.43. The molecule has 0 saturated carbocycles. The van der Waals surface area contributed by atoms with Crippen molar-refractivity contribution in [3.8, 4) is 17.3 Å². The van der Waals surface area contributed by atoms with Crippen LogP contribution in [0.3, 0.4) is 0 Å². The molecule has 1 saturated heterocycles. The molecule has 1 aliphatic rings. The number of piperidine rings is 1. The van der Waals surface area contributed by atoms with Crippen molar-refractivity contribution in [1.82, 2.24) is 19.5 Å². The topological polar surface area (TPSA) is 98.4 Å². The first-order valence-corrected chi connectivity index (χ1v) is 12.3. The van der Waals surface area contributed by atoms with Gasteiger partial charge in [0, 0.05) is 48.2 Å². The molecule has 0 bridgehead atoms. The van der Waals surface area contributed by atoms with E-state index in [1.165, 1.54) is 0 Å². The maximum absolute atomic E-state index is 12.8. The molecule has 1 unspecified atom stereocenters. The third-order valence-electron chi connectivity index (χ3n) is 6.44. The fourth-order valence-corrected chi connectivity index (χ4v) is 4.73. The number of urea groups is 1. The lowest BCUT2D eigenvalue weighted by Gasteiger charge is -2.33. The summed E-state index contributed by atoms with van der Waals surface area (Å²) in [5, 5.41) is 20.6.